The number of thioether (sulfide) groups is 1. The molecule has 0 saturated carbocycles. The van der Waals surface area contributed by atoms with Crippen LogP contribution in [-0.2, 0) is 24.3 Å². The quantitative estimate of drug-likeness (QED) is 0.676. The fraction of sp³-hybridized carbons (Fsp3) is 0.500. The Hall–Kier alpha value is -2.32. The summed E-state index contributed by atoms with van der Waals surface area (Å²) in [6, 6.07) is 7.50. The SMILES string of the molecule is COC(=O)c1c(OCc2ccccn2)cc(=O)n2c1CCN(C1CCSCC1)CC2. The van der Waals surface area contributed by atoms with Crippen molar-refractivity contribution in [2.45, 2.75) is 38.5 Å². The number of methoxy groups -OCH3 is 1. The van der Waals surface area contributed by atoms with E-state index in [1.54, 1.807) is 10.8 Å². The standard InChI is InChI=1S/C22H27N3O4S/c1-28-22(27)21-18-5-9-24(17-6-12-30-13-7-17)10-11-25(18)20(26)14-19(21)29-15-16-4-2-3-8-23-16/h2-4,8,14,17H,5-7,9-13,15H2,1H3. The number of nitrogens with zero attached hydrogens (tertiary/aromatic N) is 3. The fourth-order valence-electron chi connectivity index (χ4n) is 4.25. The van der Waals surface area contributed by atoms with Gasteiger partial charge in [-0.05, 0) is 36.5 Å². The predicted molar refractivity (Wildman–Crippen MR) is 116 cm³/mol. The largest absolute Gasteiger partial charge is 0.486 e. The van der Waals surface area contributed by atoms with Crippen LogP contribution < -0.4 is 10.3 Å². The third-order valence-corrected chi connectivity index (χ3v) is 6.88. The minimum Gasteiger partial charge on any atom is -0.486 e. The topological polar surface area (TPSA) is 73.7 Å². The second-order valence-electron chi connectivity index (χ2n) is 7.55. The van der Waals surface area contributed by atoms with Crippen LogP contribution in [0.1, 0.15) is 34.6 Å². The molecular formula is C22H27N3O4S. The molecule has 2 aromatic rings. The molecule has 0 spiro atoms. The van der Waals surface area contributed by atoms with Crippen LogP contribution in [0.5, 0.6) is 5.75 Å². The van der Waals surface area contributed by atoms with Gasteiger partial charge in [0.05, 0.1) is 12.8 Å². The number of hydrogen-bond donors (Lipinski definition) is 0. The highest BCUT2D eigenvalue weighted by Crippen LogP contribution is 2.27. The van der Waals surface area contributed by atoms with Crippen molar-refractivity contribution in [3.8, 4) is 5.75 Å². The van der Waals surface area contributed by atoms with E-state index in [2.05, 4.69) is 9.88 Å². The van der Waals surface area contributed by atoms with Crippen LogP contribution in [0.2, 0.25) is 0 Å². The second-order valence-corrected chi connectivity index (χ2v) is 8.78. The van der Waals surface area contributed by atoms with Crippen LogP contribution in [0, 0.1) is 0 Å². The minimum atomic E-state index is -0.475. The van der Waals surface area contributed by atoms with E-state index in [4.69, 9.17) is 9.47 Å². The third-order valence-electron chi connectivity index (χ3n) is 5.83. The first-order valence-corrected chi connectivity index (χ1v) is 11.5. The van der Waals surface area contributed by atoms with E-state index >= 15 is 0 Å². The van der Waals surface area contributed by atoms with Gasteiger partial charge in [0.15, 0.2) is 0 Å². The summed E-state index contributed by atoms with van der Waals surface area (Å²) < 4.78 is 12.7. The van der Waals surface area contributed by atoms with E-state index in [1.165, 1.54) is 37.5 Å². The first kappa shape index (κ1) is 20.9. The molecule has 160 valence electrons. The molecule has 0 aromatic carbocycles. The van der Waals surface area contributed by atoms with Gasteiger partial charge < -0.3 is 14.0 Å². The van der Waals surface area contributed by atoms with Crippen LogP contribution in [-0.4, -0.2) is 58.2 Å². The Balaban J connectivity index is 1.63. The van der Waals surface area contributed by atoms with Gasteiger partial charge in [-0.15, -0.1) is 0 Å². The van der Waals surface area contributed by atoms with Crippen LogP contribution in [0.4, 0.5) is 0 Å². The summed E-state index contributed by atoms with van der Waals surface area (Å²) in [5.41, 5.74) is 1.64. The molecule has 7 nitrogen and oxygen atoms in total. The van der Waals surface area contributed by atoms with Crippen molar-refractivity contribution >= 4 is 17.7 Å². The maximum atomic E-state index is 12.9. The van der Waals surface area contributed by atoms with Crippen molar-refractivity contribution in [3.05, 3.63) is 57.8 Å². The van der Waals surface area contributed by atoms with E-state index in [1.807, 2.05) is 30.0 Å². The summed E-state index contributed by atoms with van der Waals surface area (Å²) in [6.07, 6.45) is 4.66. The molecule has 1 fully saturated rings. The number of aromatic nitrogens is 2. The highest BCUT2D eigenvalue weighted by atomic mass is 32.2. The summed E-state index contributed by atoms with van der Waals surface area (Å²) in [7, 11) is 1.36. The summed E-state index contributed by atoms with van der Waals surface area (Å²) in [5.74, 6) is 2.17. The van der Waals surface area contributed by atoms with E-state index in [0.717, 1.165) is 18.8 Å². The number of carbonyl (C=O) groups is 1. The lowest BCUT2D eigenvalue weighted by molar-refractivity contribution is 0.0592. The molecule has 0 N–H and O–H groups in total. The number of ether oxygens (including phenoxy) is 2. The molecule has 0 aliphatic carbocycles. The lowest BCUT2D eigenvalue weighted by Gasteiger charge is -2.32. The third kappa shape index (κ3) is 4.54. The number of rotatable bonds is 5. The highest BCUT2D eigenvalue weighted by molar-refractivity contribution is 7.99. The number of carbonyl (C=O) groups excluding carboxylic acids is 1. The lowest BCUT2D eigenvalue weighted by atomic mass is 10.1. The summed E-state index contributed by atoms with van der Waals surface area (Å²) in [4.78, 5) is 32.3. The first-order chi connectivity index (χ1) is 14.7. The van der Waals surface area contributed by atoms with Gasteiger partial charge in [-0.1, -0.05) is 6.07 Å². The monoisotopic (exact) mass is 429 g/mol. The van der Waals surface area contributed by atoms with E-state index < -0.39 is 5.97 Å². The molecule has 30 heavy (non-hydrogen) atoms. The lowest BCUT2D eigenvalue weighted by Crippen LogP contribution is -2.40. The predicted octanol–water partition coefficient (Wildman–Crippen LogP) is 2.36. The van der Waals surface area contributed by atoms with Crippen LogP contribution in [0.3, 0.4) is 0 Å². The highest BCUT2D eigenvalue weighted by Gasteiger charge is 2.29. The van der Waals surface area contributed by atoms with E-state index in [0.29, 0.717) is 30.3 Å². The van der Waals surface area contributed by atoms with Crippen molar-refractivity contribution in [2.24, 2.45) is 0 Å². The van der Waals surface area contributed by atoms with Gasteiger partial charge in [0, 0.05) is 50.1 Å². The zero-order chi connectivity index (χ0) is 20.9. The Labute approximate surface area is 180 Å². The van der Waals surface area contributed by atoms with Crippen molar-refractivity contribution in [3.63, 3.8) is 0 Å². The molecule has 4 rings (SSSR count). The fourth-order valence-corrected chi connectivity index (χ4v) is 5.33. The van der Waals surface area contributed by atoms with Gasteiger partial charge >= 0.3 is 5.97 Å². The van der Waals surface area contributed by atoms with Crippen molar-refractivity contribution < 1.29 is 14.3 Å². The van der Waals surface area contributed by atoms with Crippen molar-refractivity contribution in [1.82, 2.24) is 14.5 Å². The Bertz CT molecular complexity index is 941. The summed E-state index contributed by atoms with van der Waals surface area (Å²) >= 11 is 2.01. The Kier molecular flexibility index (Phi) is 6.74. The molecule has 2 aliphatic heterocycles. The molecule has 2 aliphatic rings. The molecule has 1 saturated heterocycles. The molecule has 8 heteroatoms. The molecule has 0 atom stereocenters. The maximum absolute atomic E-state index is 12.9. The Morgan fingerprint density at radius 2 is 2.07 bits per heavy atom. The first-order valence-electron chi connectivity index (χ1n) is 10.4. The average molecular weight is 430 g/mol. The average Bonchev–Trinajstić information content (AvgIpc) is 3.02. The number of pyridine rings is 2. The minimum absolute atomic E-state index is 0.144. The van der Waals surface area contributed by atoms with Crippen molar-refractivity contribution in [1.29, 1.82) is 0 Å². The smallest absolute Gasteiger partial charge is 0.343 e. The van der Waals surface area contributed by atoms with Gasteiger partial charge in [0.2, 0.25) is 0 Å². The maximum Gasteiger partial charge on any atom is 0.343 e. The summed E-state index contributed by atoms with van der Waals surface area (Å²) in [6.45, 7) is 2.39. The normalized spacial score (nSPS) is 17.8. The van der Waals surface area contributed by atoms with E-state index in [9.17, 15) is 9.59 Å². The van der Waals surface area contributed by atoms with Gasteiger partial charge in [-0.2, -0.15) is 11.8 Å². The van der Waals surface area contributed by atoms with Crippen LogP contribution in [0.15, 0.2) is 35.3 Å². The Morgan fingerprint density at radius 3 is 2.80 bits per heavy atom. The number of hydrogen-bond acceptors (Lipinski definition) is 7. The van der Waals surface area contributed by atoms with Gasteiger partial charge in [0.1, 0.15) is 17.9 Å². The molecular weight excluding hydrogens is 402 g/mol. The zero-order valence-electron chi connectivity index (χ0n) is 17.2. The van der Waals surface area contributed by atoms with Gasteiger partial charge in [-0.25, -0.2) is 4.79 Å². The van der Waals surface area contributed by atoms with E-state index in [-0.39, 0.29) is 17.9 Å². The van der Waals surface area contributed by atoms with Crippen LogP contribution >= 0.6 is 11.8 Å². The molecule has 0 amide bonds. The molecule has 0 bridgehead atoms. The van der Waals surface area contributed by atoms with Crippen molar-refractivity contribution in [2.75, 3.05) is 31.7 Å². The molecule has 0 unspecified atom stereocenters. The summed E-state index contributed by atoms with van der Waals surface area (Å²) in [5, 5.41) is 0. The zero-order valence-corrected chi connectivity index (χ0v) is 18.0. The molecule has 2 aromatic heterocycles. The number of fused-ring (bicyclic) bond motifs is 1. The molecule has 0 radical (unpaired) electrons. The van der Waals surface area contributed by atoms with Gasteiger partial charge in [0.25, 0.3) is 5.56 Å². The van der Waals surface area contributed by atoms with Crippen LogP contribution in [0.25, 0.3) is 0 Å². The van der Waals surface area contributed by atoms with Gasteiger partial charge in [-0.3, -0.25) is 14.7 Å². The Morgan fingerprint density at radius 1 is 1.23 bits per heavy atom. The molecule has 4 heterocycles. The number of esters is 1. The second kappa shape index (κ2) is 9.66.